The highest BCUT2D eigenvalue weighted by Gasteiger charge is 2.41. The molecule has 7 heteroatoms. The summed E-state index contributed by atoms with van der Waals surface area (Å²) in [6.07, 6.45) is 4.08. The third-order valence-corrected chi connectivity index (χ3v) is 5.83. The molecule has 28 heavy (non-hydrogen) atoms. The van der Waals surface area contributed by atoms with Gasteiger partial charge in [0.05, 0.1) is 12.0 Å². The number of carbonyl (C=O) groups is 2. The molecule has 2 unspecified atom stereocenters. The van der Waals surface area contributed by atoms with Crippen molar-refractivity contribution in [3.05, 3.63) is 42.2 Å². The maximum Gasteiger partial charge on any atom is 0.228 e. The van der Waals surface area contributed by atoms with Gasteiger partial charge in [0.1, 0.15) is 13.2 Å². The van der Waals surface area contributed by atoms with Gasteiger partial charge >= 0.3 is 0 Å². The Morgan fingerprint density at radius 3 is 2.82 bits per heavy atom. The van der Waals surface area contributed by atoms with E-state index < -0.39 is 0 Å². The van der Waals surface area contributed by atoms with Crippen molar-refractivity contribution >= 4 is 17.5 Å². The third kappa shape index (κ3) is 2.91. The Labute approximate surface area is 163 Å². The number of aromatic nitrogens is 1. The fraction of sp³-hybridized carbons (Fsp3) is 0.429. The topological polar surface area (TPSA) is 74.9 Å². The van der Waals surface area contributed by atoms with Gasteiger partial charge in [0.15, 0.2) is 11.5 Å². The number of benzene rings is 1. The summed E-state index contributed by atoms with van der Waals surface area (Å²) < 4.78 is 11.2. The maximum atomic E-state index is 13.2. The van der Waals surface area contributed by atoms with Crippen molar-refractivity contribution in [1.82, 2.24) is 9.88 Å². The molecule has 0 spiro atoms. The Bertz CT molecular complexity index is 895. The van der Waals surface area contributed by atoms with E-state index in [2.05, 4.69) is 4.98 Å². The molecule has 1 N–H and O–H groups in total. The average Bonchev–Trinajstić information content (AvgIpc) is 3.47. The Morgan fingerprint density at radius 2 is 2.00 bits per heavy atom. The summed E-state index contributed by atoms with van der Waals surface area (Å²) in [5.41, 5.74) is 1.82. The number of hydrogen-bond donors (Lipinski definition) is 1. The van der Waals surface area contributed by atoms with Crippen molar-refractivity contribution in [2.24, 2.45) is 5.92 Å². The van der Waals surface area contributed by atoms with Crippen LogP contribution in [0.1, 0.15) is 31.0 Å². The highest BCUT2D eigenvalue weighted by Crippen LogP contribution is 2.38. The largest absolute Gasteiger partial charge is 0.486 e. The number of carbonyl (C=O) groups excluding carboxylic acids is 2. The molecule has 2 fully saturated rings. The van der Waals surface area contributed by atoms with E-state index in [9.17, 15) is 9.59 Å². The minimum absolute atomic E-state index is 0.0225. The first-order valence-electron chi connectivity index (χ1n) is 9.84. The lowest BCUT2D eigenvalue weighted by molar-refractivity contribution is -0.136. The highest BCUT2D eigenvalue weighted by atomic mass is 16.6. The van der Waals surface area contributed by atoms with Gasteiger partial charge in [-0.2, -0.15) is 0 Å². The van der Waals surface area contributed by atoms with Gasteiger partial charge in [-0.25, -0.2) is 0 Å². The summed E-state index contributed by atoms with van der Waals surface area (Å²) in [5, 5.41) is 0. The van der Waals surface area contributed by atoms with Gasteiger partial charge in [0.25, 0.3) is 0 Å². The number of amides is 2. The maximum absolute atomic E-state index is 13.2. The fourth-order valence-corrected chi connectivity index (χ4v) is 4.46. The molecule has 1 aromatic carbocycles. The summed E-state index contributed by atoms with van der Waals surface area (Å²) in [4.78, 5) is 32.7. The zero-order chi connectivity index (χ0) is 19.1. The van der Waals surface area contributed by atoms with Crippen molar-refractivity contribution in [3.8, 4) is 11.5 Å². The molecule has 2 atom stereocenters. The Balaban J connectivity index is 1.33. The Morgan fingerprint density at radius 1 is 1.14 bits per heavy atom. The smallest absolute Gasteiger partial charge is 0.228 e. The first-order chi connectivity index (χ1) is 13.7. The van der Waals surface area contributed by atoms with Gasteiger partial charge in [-0.3, -0.25) is 9.59 Å². The number of nitrogens with one attached hydrogen (secondary N) is 1. The first-order valence-corrected chi connectivity index (χ1v) is 9.84. The normalized spacial score (nSPS) is 24.1. The van der Waals surface area contributed by atoms with Crippen molar-refractivity contribution in [3.63, 3.8) is 0 Å². The van der Waals surface area contributed by atoms with Crippen molar-refractivity contribution < 1.29 is 19.1 Å². The number of likely N-dealkylation sites (tertiary alicyclic amines) is 1. The van der Waals surface area contributed by atoms with Crippen LogP contribution in [-0.2, 0) is 9.59 Å². The molecule has 0 radical (unpaired) electrons. The third-order valence-electron chi connectivity index (χ3n) is 5.83. The molecule has 3 aliphatic rings. The van der Waals surface area contributed by atoms with Crippen LogP contribution in [0, 0.1) is 5.92 Å². The summed E-state index contributed by atoms with van der Waals surface area (Å²) >= 11 is 0. The standard InChI is InChI=1S/C21H23N3O4/c25-20-11-14(21(26)23-8-2-4-17(23)16-3-1-7-22-16)13-24(20)15-5-6-18-19(12-15)28-10-9-27-18/h1,3,5-7,12,14,17,22H,2,4,8-11,13H2. The number of anilines is 1. The van der Waals surface area contributed by atoms with Crippen molar-refractivity contribution in [1.29, 1.82) is 0 Å². The SMILES string of the molecule is O=C1CC(C(=O)N2CCCC2c2ccc[nH]2)CN1c1ccc2c(c1)OCCO2. The summed E-state index contributed by atoms with van der Waals surface area (Å²) in [5.74, 6) is 1.09. The van der Waals surface area contributed by atoms with Crippen LogP contribution in [0.4, 0.5) is 5.69 Å². The van der Waals surface area contributed by atoms with Gasteiger partial charge in [-0.05, 0) is 37.1 Å². The molecule has 146 valence electrons. The number of hydrogen-bond acceptors (Lipinski definition) is 4. The number of aromatic amines is 1. The summed E-state index contributed by atoms with van der Waals surface area (Å²) in [6, 6.07) is 9.58. The molecule has 7 nitrogen and oxygen atoms in total. The predicted molar refractivity (Wildman–Crippen MR) is 102 cm³/mol. The lowest BCUT2D eigenvalue weighted by atomic mass is 10.1. The van der Waals surface area contributed by atoms with Gasteiger partial charge in [-0.1, -0.05) is 0 Å². The second kappa shape index (κ2) is 6.89. The summed E-state index contributed by atoms with van der Waals surface area (Å²) in [6.45, 7) is 2.19. The molecular formula is C21H23N3O4. The fourth-order valence-electron chi connectivity index (χ4n) is 4.46. The van der Waals surface area contributed by atoms with Gasteiger partial charge in [-0.15, -0.1) is 0 Å². The van der Waals surface area contributed by atoms with E-state index in [-0.39, 0.29) is 30.2 Å². The van der Waals surface area contributed by atoms with E-state index in [1.807, 2.05) is 41.4 Å². The molecule has 0 bridgehead atoms. The summed E-state index contributed by atoms with van der Waals surface area (Å²) in [7, 11) is 0. The molecule has 2 aromatic rings. The molecular weight excluding hydrogens is 358 g/mol. The molecule has 2 amide bonds. The number of fused-ring (bicyclic) bond motifs is 1. The quantitative estimate of drug-likeness (QED) is 0.887. The van der Waals surface area contributed by atoms with Crippen molar-refractivity contribution in [2.45, 2.75) is 25.3 Å². The molecule has 1 aromatic heterocycles. The zero-order valence-electron chi connectivity index (χ0n) is 15.6. The van der Waals surface area contributed by atoms with Crippen LogP contribution in [0.15, 0.2) is 36.5 Å². The van der Waals surface area contributed by atoms with E-state index in [4.69, 9.17) is 9.47 Å². The number of nitrogens with zero attached hydrogens (tertiary/aromatic N) is 2. The van der Waals surface area contributed by atoms with Crippen LogP contribution in [0.25, 0.3) is 0 Å². The Hall–Kier alpha value is -2.96. The van der Waals surface area contributed by atoms with Gasteiger partial charge in [0.2, 0.25) is 11.8 Å². The van der Waals surface area contributed by atoms with E-state index in [1.165, 1.54) is 0 Å². The van der Waals surface area contributed by atoms with Gasteiger partial charge in [0, 0.05) is 43.2 Å². The molecule has 2 saturated heterocycles. The first kappa shape index (κ1) is 17.2. The van der Waals surface area contributed by atoms with Crippen LogP contribution >= 0.6 is 0 Å². The molecule has 0 saturated carbocycles. The van der Waals surface area contributed by atoms with Crippen LogP contribution < -0.4 is 14.4 Å². The minimum Gasteiger partial charge on any atom is -0.486 e. The zero-order valence-corrected chi connectivity index (χ0v) is 15.6. The van der Waals surface area contributed by atoms with E-state index in [0.29, 0.717) is 31.3 Å². The molecule has 0 aliphatic carbocycles. The van der Waals surface area contributed by atoms with E-state index in [0.717, 1.165) is 30.8 Å². The number of ether oxygens (including phenoxy) is 2. The highest BCUT2D eigenvalue weighted by molar-refractivity contribution is 6.00. The second-order valence-electron chi connectivity index (χ2n) is 7.55. The van der Waals surface area contributed by atoms with Crippen LogP contribution in [0.2, 0.25) is 0 Å². The predicted octanol–water partition coefficient (Wildman–Crippen LogP) is 2.50. The minimum atomic E-state index is -0.309. The van der Waals surface area contributed by atoms with Crippen LogP contribution in [0.3, 0.4) is 0 Å². The molecule has 5 rings (SSSR count). The van der Waals surface area contributed by atoms with Crippen molar-refractivity contribution in [2.75, 3.05) is 31.2 Å². The molecule has 4 heterocycles. The lowest BCUT2D eigenvalue weighted by Crippen LogP contribution is -2.37. The number of H-pyrrole nitrogens is 1. The van der Waals surface area contributed by atoms with Gasteiger partial charge < -0.3 is 24.3 Å². The Kier molecular flexibility index (Phi) is 4.22. The monoisotopic (exact) mass is 381 g/mol. The number of rotatable bonds is 3. The molecule has 3 aliphatic heterocycles. The van der Waals surface area contributed by atoms with Crippen LogP contribution in [0.5, 0.6) is 11.5 Å². The second-order valence-corrected chi connectivity index (χ2v) is 7.55. The van der Waals surface area contributed by atoms with E-state index >= 15 is 0 Å². The van der Waals surface area contributed by atoms with E-state index in [1.54, 1.807) is 4.90 Å². The lowest BCUT2D eigenvalue weighted by Gasteiger charge is -2.27. The van der Waals surface area contributed by atoms with Crippen LogP contribution in [-0.4, -0.2) is 48.0 Å². The average molecular weight is 381 g/mol.